The average molecular weight is 312 g/mol. The Morgan fingerprint density at radius 2 is 2.00 bits per heavy atom. The first kappa shape index (κ1) is 14.8. The van der Waals surface area contributed by atoms with Gasteiger partial charge in [-0.05, 0) is 37.0 Å². The third-order valence-electron chi connectivity index (χ3n) is 5.49. The van der Waals surface area contributed by atoms with Crippen molar-refractivity contribution in [1.29, 1.82) is 0 Å². The monoisotopic (exact) mass is 312 g/mol. The molecule has 1 aliphatic heterocycles. The lowest BCUT2D eigenvalue weighted by Crippen LogP contribution is -2.35. The minimum Gasteiger partial charge on any atom is -0.383 e. The molecule has 4 rings (SSSR count). The van der Waals surface area contributed by atoms with E-state index in [9.17, 15) is 9.50 Å². The van der Waals surface area contributed by atoms with Crippen LogP contribution >= 0.6 is 0 Å². The SMILES string of the molecule is O[C@@]1(c2ccccn2)CC[C@H]2CN(Cc3ccccc3F)C[C@H]21. The van der Waals surface area contributed by atoms with Gasteiger partial charge in [0.25, 0.3) is 0 Å². The van der Waals surface area contributed by atoms with E-state index >= 15 is 0 Å². The molecule has 1 saturated heterocycles. The zero-order valence-electron chi connectivity index (χ0n) is 13.0. The van der Waals surface area contributed by atoms with Crippen molar-refractivity contribution in [3.63, 3.8) is 0 Å². The van der Waals surface area contributed by atoms with Gasteiger partial charge in [0.2, 0.25) is 0 Å². The first-order valence-electron chi connectivity index (χ1n) is 8.26. The van der Waals surface area contributed by atoms with Crippen molar-refractivity contribution < 1.29 is 9.50 Å². The van der Waals surface area contributed by atoms with Gasteiger partial charge in [-0.15, -0.1) is 0 Å². The number of pyridine rings is 1. The van der Waals surface area contributed by atoms with Crippen LogP contribution in [-0.4, -0.2) is 28.1 Å². The summed E-state index contributed by atoms with van der Waals surface area (Å²) in [5, 5.41) is 11.2. The highest BCUT2D eigenvalue weighted by Crippen LogP contribution is 2.50. The summed E-state index contributed by atoms with van der Waals surface area (Å²) in [6.45, 7) is 2.33. The predicted octanol–water partition coefficient (Wildman–Crippen LogP) is 2.95. The lowest BCUT2D eigenvalue weighted by Gasteiger charge is -2.29. The van der Waals surface area contributed by atoms with E-state index in [0.717, 1.165) is 37.2 Å². The van der Waals surface area contributed by atoms with Crippen LogP contribution in [0.5, 0.6) is 0 Å². The Balaban J connectivity index is 1.53. The zero-order valence-corrected chi connectivity index (χ0v) is 13.0. The normalized spacial score (nSPS) is 30.5. The quantitative estimate of drug-likeness (QED) is 0.946. The standard InChI is InChI=1S/C19H21FN2O/c20-17-6-2-1-5-15(17)12-22-11-14-8-9-19(23,16(14)13-22)18-7-3-4-10-21-18/h1-7,10,14,16,23H,8-9,11-13H2/t14-,16+,19-/m0/s1. The van der Waals surface area contributed by atoms with Gasteiger partial charge in [-0.25, -0.2) is 4.39 Å². The average Bonchev–Trinajstić information content (AvgIpc) is 3.11. The fourth-order valence-corrected chi connectivity index (χ4v) is 4.32. The van der Waals surface area contributed by atoms with Gasteiger partial charge in [-0.2, -0.15) is 0 Å². The van der Waals surface area contributed by atoms with Crippen molar-refractivity contribution >= 4 is 0 Å². The Kier molecular flexibility index (Phi) is 3.66. The summed E-state index contributed by atoms with van der Waals surface area (Å²) in [5.74, 6) is 0.502. The highest BCUT2D eigenvalue weighted by molar-refractivity contribution is 5.21. The number of aromatic nitrogens is 1. The first-order chi connectivity index (χ1) is 11.2. The fourth-order valence-electron chi connectivity index (χ4n) is 4.32. The van der Waals surface area contributed by atoms with Crippen LogP contribution in [-0.2, 0) is 12.1 Å². The van der Waals surface area contributed by atoms with Gasteiger partial charge in [-0.1, -0.05) is 24.3 Å². The highest BCUT2D eigenvalue weighted by atomic mass is 19.1. The molecule has 1 N–H and O–H groups in total. The van der Waals surface area contributed by atoms with Gasteiger partial charge in [0, 0.05) is 37.3 Å². The fraction of sp³-hybridized carbons (Fsp3) is 0.421. The Hall–Kier alpha value is -1.78. The highest BCUT2D eigenvalue weighted by Gasteiger charge is 2.52. The van der Waals surface area contributed by atoms with Crippen molar-refractivity contribution in [3.05, 3.63) is 65.7 Å². The molecule has 0 amide bonds. The van der Waals surface area contributed by atoms with Gasteiger partial charge < -0.3 is 5.11 Å². The number of rotatable bonds is 3. The van der Waals surface area contributed by atoms with Crippen LogP contribution in [0.25, 0.3) is 0 Å². The maximum atomic E-state index is 13.9. The van der Waals surface area contributed by atoms with Crippen molar-refractivity contribution in [2.75, 3.05) is 13.1 Å². The number of aliphatic hydroxyl groups is 1. The Morgan fingerprint density at radius 1 is 1.17 bits per heavy atom. The van der Waals surface area contributed by atoms with E-state index in [-0.39, 0.29) is 11.7 Å². The van der Waals surface area contributed by atoms with Gasteiger partial charge in [0.05, 0.1) is 5.69 Å². The van der Waals surface area contributed by atoms with Crippen LogP contribution in [0.3, 0.4) is 0 Å². The molecule has 2 heterocycles. The van der Waals surface area contributed by atoms with E-state index in [2.05, 4.69) is 9.88 Å². The molecule has 1 aromatic heterocycles. The number of benzene rings is 1. The molecule has 0 unspecified atom stereocenters. The molecule has 0 spiro atoms. The summed E-state index contributed by atoms with van der Waals surface area (Å²) in [4.78, 5) is 6.65. The zero-order chi connectivity index (χ0) is 15.9. The largest absolute Gasteiger partial charge is 0.383 e. The number of hydrogen-bond donors (Lipinski definition) is 1. The van der Waals surface area contributed by atoms with Crippen molar-refractivity contribution in [2.24, 2.45) is 11.8 Å². The third-order valence-corrected chi connectivity index (χ3v) is 5.49. The molecular formula is C19H21FN2O. The number of fused-ring (bicyclic) bond motifs is 1. The number of nitrogens with zero attached hydrogens (tertiary/aromatic N) is 2. The van der Waals surface area contributed by atoms with Gasteiger partial charge in [0.15, 0.2) is 0 Å². The predicted molar refractivity (Wildman–Crippen MR) is 86.0 cm³/mol. The van der Waals surface area contributed by atoms with Crippen molar-refractivity contribution in [2.45, 2.75) is 25.0 Å². The number of hydrogen-bond acceptors (Lipinski definition) is 3. The van der Waals surface area contributed by atoms with Crippen LogP contribution < -0.4 is 0 Å². The van der Waals surface area contributed by atoms with Crippen molar-refractivity contribution in [1.82, 2.24) is 9.88 Å². The van der Waals surface area contributed by atoms with E-state index in [4.69, 9.17) is 0 Å². The smallest absolute Gasteiger partial charge is 0.127 e. The van der Waals surface area contributed by atoms with Crippen molar-refractivity contribution in [3.8, 4) is 0 Å². The lowest BCUT2D eigenvalue weighted by molar-refractivity contribution is -0.0108. The van der Waals surface area contributed by atoms with Crippen LogP contribution in [0.15, 0.2) is 48.7 Å². The molecule has 0 radical (unpaired) electrons. The lowest BCUT2D eigenvalue weighted by atomic mass is 9.85. The molecule has 4 heteroatoms. The minimum absolute atomic E-state index is 0.149. The summed E-state index contributed by atoms with van der Waals surface area (Å²) in [6, 6.07) is 12.7. The molecule has 2 aromatic rings. The number of likely N-dealkylation sites (tertiary alicyclic amines) is 1. The minimum atomic E-state index is -0.837. The van der Waals surface area contributed by atoms with Crippen LogP contribution in [0, 0.1) is 17.7 Å². The second-order valence-corrected chi connectivity index (χ2v) is 6.83. The third kappa shape index (κ3) is 2.56. The Morgan fingerprint density at radius 3 is 2.78 bits per heavy atom. The van der Waals surface area contributed by atoms with Gasteiger partial charge in [0.1, 0.15) is 11.4 Å². The summed E-state index contributed by atoms with van der Waals surface area (Å²) in [6.07, 6.45) is 3.52. The van der Waals surface area contributed by atoms with Crippen LogP contribution in [0.1, 0.15) is 24.1 Å². The molecule has 3 nitrogen and oxygen atoms in total. The van der Waals surface area contributed by atoms with Crippen LogP contribution in [0.4, 0.5) is 4.39 Å². The van der Waals surface area contributed by atoms with E-state index in [0.29, 0.717) is 12.5 Å². The maximum Gasteiger partial charge on any atom is 0.127 e. The molecule has 3 atom stereocenters. The Labute approximate surface area is 135 Å². The number of halogens is 1. The Bertz CT molecular complexity index is 693. The topological polar surface area (TPSA) is 36.4 Å². The summed E-state index contributed by atoms with van der Waals surface area (Å²) >= 11 is 0. The maximum absolute atomic E-state index is 13.9. The summed E-state index contributed by atoms with van der Waals surface area (Å²) < 4.78 is 13.9. The molecule has 1 saturated carbocycles. The molecule has 23 heavy (non-hydrogen) atoms. The van der Waals surface area contributed by atoms with E-state index in [1.165, 1.54) is 6.07 Å². The summed E-state index contributed by atoms with van der Waals surface area (Å²) in [5.41, 5.74) is 0.671. The summed E-state index contributed by atoms with van der Waals surface area (Å²) in [7, 11) is 0. The van der Waals surface area contributed by atoms with Crippen LogP contribution in [0.2, 0.25) is 0 Å². The molecule has 120 valence electrons. The molecule has 2 fully saturated rings. The molecule has 1 aliphatic carbocycles. The molecule has 1 aromatic carbocycles. The molecule has 2 aliphatic rings. The van der Waals surface area contributed by atoms with E-state index in [1.54, 1.807) is 12.3 Å². The molecular weight excluding hydrogens is 291 g/mol. The second kappa shape index (κ2) is 5.69. The first-order valence-corrected chi connectivity index (χ1v) is 8.26. The van der Waals surface area contributed by atoms with Gasteiger partial charge >= 0.3 is 0 Å². The van der Waals surface area contributed by atoms with E-state index < -0.39 is 5.60 Å². The second-order valence-electron chi connectivity index (χ2n) is 6.83. The van der Waals surface area contributed by atoms with Gasteiger partial charge in [-0.3, -0.25) is 9.88 Å². The molecule has 0 bridgehead atoms. The van der Waals surface area contributed by atoms with E-state index in [1.807, 2.05) is 30.3 Å².